The molecule has 1 aromatic heterocycles. The molecule has 0 bridgehead atoms. The van der Waals surface area contributed by atoms with Crippen LogP contribution < -0.4 is 0 Å². The quantitative estimate of drug-likeness (QED) is 0.717. The summed E-state index contributed by atoms with van der Waals surface area (Å²) in [6.07, 6.45) is 3.84. The molecule has 1 aliphatic heterocycles. The minimum atomic E-state index is 0.950. The van der Waals surface area contributed by atoms with E-state index in [1.165, 1.54) is 0 Å². The molecule has 4 nitrogen and oxygen atoms in total. The molecule has 0 radical (unpaired) electrons. The van der Waals surface area contributed by atoms with E-state index in [1.54, 1.807) is 0 Å². The summed E-state index contributed by atoms with van der Waals surface area (Å²) >= 11 is 4.32. The lowest BCUT2D eigenvalue weighted by molar-refractivity contribution is 0.185. The van der Waals surface area contributed by atoms with Gasteiger partial charge in [0.1, 0.15) is 5.82 Å². The van der Waals surface area contributed by atoms with E-state index < -0.39 is 0 Å². The second kappa shape index (κ2) is 4.33. The van der Waals surface area contributed by atoms with Crippen LogP contribution in [0.25, 0.3) is 0 Å². The van der Waals surface area contributed by atoms with Crippen LogP contribution in [0.3, 0.4) is 0 Å². The van der Waals surface area contributed by atoms with E-state index in [-0.39, 0.29) is 0 Å². The summed E-state index contributed by atoms with van der Waals surface area (Å²) in [6.45, 7) is 5.18. The summed E-state index contributed by atoms with van der Waals surface area (Å²) in [5, 5.41) is 0. The number of aryl methyl sites for hydroxylation is 1. The molecule has 1 saturated heterocycles. The largest absolute Gasteiger partial charge is 0.337 e. The van der Waals surface area contributed by atoms with Crippen LogP contribution in [0.4, 0.5) is 0 Å². The molecule has 0 atom stereocenters. The standard InChI is InChI=1S/C9H16N4S/c1-11-3-2-10-9(11)8-12-4-6-13(14)7-5-12/h2-3,14H,4-8H2,1H3. The molecular formula is C9H16N4S. The molecule has 2 rings (SSSR count). The van der Waals surface area contributed by atoms with Crippen LogP contribution in [-0.2, 0) is 13.6 Å². The lowest BCUT2D eigenvalue weighted by Crippen LogP contribution is -2.42. The molecule has 0 aromatic carbocycles. The third kappa shape index (κ3) is 2.29. The van der Waals surface area contributed by atoms with E-state index in [1.807, 2.05) is 19.4 Å². The maximum atomic E-state index is 4.32. The van der Waals surface area contributed by atoms with Gasteiger partial charge in [0, 0.05) is 45.6 Å². The molecule has 0 aliphatic carbocycles. The molecule has 1 aliphatic rings. The fourth-order valence-electron chi connectivity index (χ4n) is 1.64. The number of rotatable bonds is 2. The topological polar surface area (TPSA) is 24.3 Å². The van der Waals surface area contributed by atoms with E-state index in [2.05, 4.69) is 31.6 Å². The Kier molecular flexibility index (Phi) is 3.10. The third-order valence-electron chi connectivity index (χ3n) is 2.63. The Morgan fingerprint density at radius 1 is 1.36 bits per heavy atom. The van der Waals surface area contributed by atoms with Crippen molar-refractivity contribution in [3.8, 4) is 0 Å². The Morgan fingerprint density at radius 3 is 2.64 bits per heavy atom. The normalized spacial score (nSPS) is 20.1. The van der Waals surface area contributed by atoms with Gasteiger partial charge in [-0.1, -0.05) is 12.8 Å². The first-order chi connectivity index (χ1) is 6.75. The zero-order chi connectivity index (χ0) is 9.97. The molecule has 1 aromatic rings. The molecule has 0 saturated carbocycles. The van der Waals surface area contributed by atoms with Crippen LogP contribution in [0, 0.1) is 0 Å². The summed E-state index contributed by atoms with van der Waals surface area (Å²) in [5.74, 6) is 1.14. The van der Waals surface area contributed by atoms with E-state index in [4.69, 9.17) is 0 Å². The van der Waals surface area contributed by atoms with Crippen molar-refractivity contribution in [2.45, 2.75) is 6.54 Å². The Labute approximate surface area is 90.1 Å². The van der Waals surface area contributed by atoms with Gasteiger partial charge in [0.25, 0.3) is 0 Å². The predicted molar refractivity (Wildman–Crippen MR) is 59.0 cm³/mol. The van der Waals surface area contributed by atoms with Crippen molar-refractivity contribution in [3.63, 3.8) is 0 Å². The van der Waals surface area contributed by atoms with Gasteiger partial charge in [-0.15, -0.1) is 0 Å². The number of nitrogens with zero attached hydrogens (tertiary/aromatic N) is 4. The molecule has 0 unspecified atom stereocenters. The van der Waals surface area contributed by atoms with Crippen LogP contribution in [0.1, 0.15) is 5.82 Å². The summed E-state index contributed by atoms with van der Waals surface area (Å²) in [7, 11) is 2.04. The highest BCUT2D eigenvalue weighted by Crippen LogP contribution is 2.07. The van der Waals surface area contributed by atoms with Crippen molar-refractivity contribution in [3.05, 3.63) is 18.2 Å². The SMILES string of the molecule is Cn1ccnc1CN1CCN(S)CC1. The molecule has 14 heavy (non-hydrogen) atoms. The molecule has 2 heterocycles. The number of aromatic nitrogens is 2. The average molecular weight is 212 g/mol. The second-order valence-corrected chi connectivity index (χ2v) is 4.25. The fourth-order valence-corrected chi connectivity index (χ4v) is 1.82. The van der Waals surface area contributed by atoms with Crippen molar-refractivity contribution in [1.29, 1.82) is 0 Å². The van der Waals surface area contributed by atoms with Gasteiger partial charge >= 0.3 is 0 Å². The number of thiol groups is 1. The first-order valence-electron chi connectivity index (χ1n) is 4.88. The highest BCUT2D eigenvalue weighted by Gasteiger charge is 2.15. The molecular weight excluding hydrogens is 196 g/mol. The lowest BCUT2D eigenvalue weighted by atomic mass is 10.3. The van der Waals surface area contributed by atoms with Crippen molar-refractivity contribution < 1.29 is 0 Å². The van der Waals surface area contributed by atoms with Gasteiger partial charge < -0.3 is 4.57 Å². The number of piperazine rings is 1. The molecule has 5 heteroatoms. The summed E-state index contributed by atoms with van der Waals surface area (Å²) < 4.78 is 4.14. The van der Waals surface area contributed by atoms with Crippen molar-refractivity contribution in [1.82, 2.24) is 18.8 Å². The number of hydrogen-bond donors (Lipinski definition) is 1. The Morgan fingerprint density at radius 2 is 2.07 bits per heavy atom. The van der Waals surface area contributed by atoms with Gasteiger partial charge in [0.05, 0.1) is 6.54 Å². The lowest BCUT2D eigenvalue weighted by Gasteiger charge is -2.31. The van der Waals surface area contributed by atoms with Gasteiger partial charge in [0.2, 0.25) is 0 Å². The highest BCUT2D eigenvalue weighted by atomic mass is 32.1. The van der Waals surface area contributed by atoms with Crippen LogP contribution >= 0.6 is 12.8 Å². The monoisotopic (exact) mass is 212 g/mol. The number of imidazole rings is 1. The van der Waals surface area contributed by atoms with Crippen LogP contribution in [0.2, 0.25) is 0 Å². The smallest absolute Gasteiger partial charge is 0.122 e. The third-order valence-corrected chi connectivity index (χ3v) is 3.03. The van der Waals surface area contributed by atoms with Crippen molar-refractivity contribution in [2.75, 3.05) is 26.2 Å². The van der Waals surface area contributed by atoms with Gasteiger partial charge in [-0.2, -0.15) is 0 Å². The Balaban J connectivity index is 1.89. The van der Waals surface area contributed by atoms with E-state index in [9.17, 15) is 0 Å². The first-order valence-corrected chi connectivity index (χ1v) is 5.28. The summed E-state index contributed by atoms with van der Waals surface area (Å²) in [6, 6.07) is 0. The van der Waals surface area contributed by atoms with Gasteiger partial charge in [0.15, 0.2) is 0 Å². The maximum Gasteiger partial charge on any atom is 0.122 e. The summed E-state index contributed by atoms with van der Waals surface area (Å²) in [5.41, 5.74) is 0. The van der Waals surface area contributed by atoms with Crippen LogP contribution in [0.15, 0.2) is 12.4 Å². The summed E-state index contributed by atoms with van der Waals surface area (Å²) in [4.78, 5) is 6.73. The highest BCUT2D eigenvalue weighted by molar-refractivity contribution is 7.77. The zero-order valence-corrected chi connectivity index (χ0v) is 9.32. The van der Waals surface area contributed by atoms with Gasteiger partial charge in [-0.25, -0.2) is 4.98 Å². The number of hydrogen-bond acceptors (Lipinski definition) is 4. The van der Waals surface area contributed by atoms with Crippen LogP contribution in [-0.4, -0.2) is 44.9 Å². The average Bonchev–Trinajstić information content (AvgIpc) is 2.56. The Hall–Kier alpha value is -0.520. The van der Waals surface area contributed by atoms with Gasteiger partial charge in [-0.3, -0.25) is 9.21 Å². The van der Waals surface area contributed by atoms with E-state index in [0.29, 0.717) is 0 Å². The van der Waals surface area contributed by atoms with Crippen molar-refractivity contribution >= 4 is 12.8 Å². The minimum absolute atomic E-state index is 0.950. The van der Waals surface area contributed by atoms with E-state index >= 15 is 0 Å². The van der Waals surface area contributed by atoms with Gasteiger partial charge in [-0.05, 0) is 0 Å². The van der Waals surface area contributed by atoms with E-state index in [0.717, 1.165) is 38.5 Å². The van der Waals surface area contributed by atoms with Crippen molar-refractivity contribution in [2.24, 2.45) is 7.05 Å². The molecule has 78 valence electrons. The molecule has 0 amide bonds. The van der Waals surface area contributed by atoms with Crippen LogP contribution in [0.5, 0.6) is 0 Å². The predicted octanol–water partition coefficient (Wildman–Crippen LogP) is 0.383. The maximum absolute atomic E-state index is 4.32. The Bertz CT molecular complexity index is 291. The molecule has 1 fully saturated rings. The fraction of sp³-hybridized carbons (Fsp3) is 0.667. The molecule has 0 N–H and O–H groups in total. The second-order valence-electron chi connectivity index (χ2n) is 3.68. The minimum Gasteiger partial charge on any atom is -0.337 e. The first kappa shape index (κ1) is 10.0. The molecule has 0 spiro atoms. The zero-order valence-electron chi connectivity index (χ0n) is 8.43.